The Morgan fingerprint density at radius 1 is 1.15 bits per heavy atom. The van der Waals surface area contributed by atoms with Crippen LogP contribution >= 0.6 is 34.4 Å². The Morgan fingerprint density at radius 2 is 2.03 bits per heavy atom. The smallest absolute Gasteiger partial charge is 0.236 e. The fraction of sp³-hybridized carbons (Fsp3) is 0.522. The molecule has 172 valence electrons. The van der Waals surface area contributed by atoms with E-state index in [-0.39, 0.29) is 11.7 Å². The molecule has 1 amide bonds. The molecule has 10 heteroatoms. The Kier molecular flexibility index (Phi) is 5.62. The molecule has 4 aromatic rings. The molecule has 2 aliphatic carbocycles. The van der Waals surface area contributed by atoms with E-state index in [0.717, 1.165) is 75.7 Å². The summed E-state index contributed by atoms with van der Waals surface area (Å²) in [5.74, 6) is 1.88. The molecule has 0 saturated heterocycles. The lowest BCUT2D eigenvalue weighted by Gasteiger charge is -2.17. The minimum absolute atomic E-state index is 0.0585. The van der Waals surface area contributed by atoms with Gasteiger partial charge in [0.15, 0.2) is 15.9 Å². The van der Waals surface area contributed by atoms with Gasteiger partial charge in [0.2, 0.25) is 5.91 Å². The molecule has 1 atom stereocenters. The second-order valence-corrected chi connectivity index (χ2v) is 12.1. The first kappa shape index (κ1) is 21.5. The van der Waals surface area contributed by atoms with Crippen molar-refractivity contribution in [1.29, 1.82) is 0 Å². The highest BCUT2D eigenvalue weighted by Crippen LogP contribution is 2.39. The highest BCUT2D eigenvalue weighted by atomic mass is 32.2. The number of nitrogens with zero attached hydrogens (tertiary/aromatic N) is 5. The van der Waals surface area contributed by atoms with Gasteiger partial charge in [-0.1, -0.05) is 25.6 Å². The Labute approximate surface area is 204 Å². The van der Waals surface area contributed by atoms with Gasteiger partial charge in [-0.05, 0) is 56.4 Å². The number of hydrogen-bond donors (Lipinski definition) is 1. The molecule has 0 aliphatic heterocycles. The summed E-state index contributed by atoms with van der Waals surface area (Å²) in [5, 5.41) is 14.7. The van der Waals surface area contributed by atoms with Crippen molar-refractivity contribution >= 4 is 61.3 Å². The fourth-order valence-corrected chi connectivity index (χ4v) is 8.11. The highest BCUT2D eigenvalue weighted by Gasteiger charge is 2.25. The van der Waals surface area contributed by atoms with E-state index < -0.39 is 0 Å². The number of nitrogens with one attached hydrogen (secondary N) is 1. The average Bonchev–Trinajstić information content (AvgIpc) is 3.50. The van der Waals surface area contributed by atoms with Crippen molar-refractivity contribution in [2.45, 2.75) is 70.4 Å². The number of amides is 1. The Balaban J connectivity index is 1.26. The number of thioether (sulfide) groups is 1. The standard InChI is InChI=1S/C23H26N6OS3/c1-3-17-25-21-19(13-9-8-12(2)10-16(13)32-21)20-27-28-23(29(17)20)31-11-18(30)26-22-24-14-6-4-5-7-15(14)33-22/h12H,3-11H2,1-2H3,(H,24,26,30)/t12-/m1/s1. The van der Waals surface area contributed by atoms with Crippen LogP contribution in [0.5, 0.6) is 0 Å². The predicted octanol–water partition coefficient (Wildman–Crippen LogP) is 5.09. The van der Waals surface area contributed by atoms with Gasteiger partial charge in [-0.2, -0.15) is 0 Å². The van der Waals surface area contributed by atoms with Crippen LogP contribution in [-0.4, -0.2) is 36.2 Å². The maximum absolute atomic E-state index is 12.7. The quantitative estimate of drug-likeness (QED) is 0.386. The molecule has 4 heterocycles. The number of thiophene rings is 1. The number of hydrogen-bond acceptors (Lipinski definition) is 8. The number of aromatic nitrogens is 5. The zero-order chi connectivity index (χ0) is 22.5. The first-order valence-electron chi connectivity index (χ1n) is 11.7. The van der Waals surface area contributed by atoms with Gasteiger partial charge >= 0.3 is 0 Å². The minimum Gasteiger partial charge on any atom is -0.301 e. The maximum Gasteiger partial charge on any atom is 0.236 e. The lowest BCUT2D eigenvalue weighted by atomic mass is 9.89. The monoisotopic (exact) mass is 498 g/mol. The molecule has 2 aliphatic rings. The number of rotatable bonds is 5. The van der Waals surface area contributed by atoms with Crippen LogP contribution in [-0.2, 0) is 36.9 Å². The second kappa shape index (κ2) is 8.63. The maximum atomic E-state index is 12.7. The molecule has 6 rings (SSSR count). The largest absolute Gasteiger partial charge is 0.301 e. The van der Waals surface area contributed by atoms with E-state index in [4.69, 9.17) is 4.98 Å². The molecule has 0 saturated carbocycles. The first-order valence-corrected chi connectivity index (χ1v) is 14.3. The van der Waals surface area contributed by atoms with Crippen LogP contribution in [0.1, 0.15) is 59.9 Å². The van der Waals surface area contributed by atoms with Crippen molar-refractivity contribution in [3.8, 4) is 0 Å². The van der Waals surface area contributed by atoms with Crippen molar-refractivity contribution in [1.82, 2.24) is 24.6 Å². The van der Waals surface area contributed by atoms with Crippen LogP contribution in [0.2, 0.25) is 0 Å². The van der Waals surface area contributed by atoms with Gasteiger partial charge in [0.1, 0.15) is 10.7 Å². The fourth-order valence-electron chi connectivity index (χ4n) is 4.90. The number of carbonyl (C=O) groups is 1. The van der Waals surface area contributed by atoms with E-state index in [2.05, 4.69) is 38.7 Å². The number of fused-ring (bicyclic) bond motifs is 6. The molecule has 1 N–H and O–H groups in total. The summed E-state index contributed by atoms with van der Waals surface area (Å²) >= 11 is 4.85. The van der Waals surface area contributed by atoms with E-state index in [1.807, 2.05) is 11.3 Å². The molecule has 7 nitrogen and oxygen atoms in total. The molecule has 0 spiro atoms. The number of aryl methyl sites for hydroxylation is 4. The lowest BCUT2D eigenvalue weighted by Crippen LogP contribution is -2.14. The van der Waals surface area contributed by atoms with Crippen molar-refractivity contribution in [2.24, 2.45) is 5.92 Å². The lowest BCUT2D eigenvalue weighted by molar-refractivity contribution is -0.113. The van der Waals surface area contributed by atoms with Gasteiger partial charge in [0, 0.05) is 16.2 Å². The van der Waals surface area contributed by atoms with Gasteiger partial charge in [-0.25, -0.2) is 9.97 Å². The van der Waals surface area contributed by atoms with Gasteiger partial charge in [0.25, 0.3) is 0 Å². The summed E-state index contributed by atoms with van der Waals surface area (Å²) in [5.41, 5.74) is 3.45. The Morgan fingerprint density at radius 3 is 2.88 bits per heavy atom. The van der Waals surface area contributed by atoms with Gasteiger partial charge in [0.05, 0.1) is 16.8 Å². The third-order valence-electron chi connectivity index (χ3n) is 6.58. The van der Waals surface area contributed by atoms with Crippen LogP contribution in [0.4, 0.5) is 5.13 Å². The predicted molar refractivity (Wildman–Crippen MR) is 135 cm³/mol. The molecular weight excluding hydrogens is 472 g/mol. The van der Waals surface area contributed by atoms with Crippen LogP contribution in [0, 0.1) is 5.92 Å². The Bertz CT molecular complexity index is 1350. The highest BCUT2D eigenvalue weighted by molar-refractivity contribution is 7.99. The molecule has 0 unspecified atom stereocenters. The third-order valence-corrected chi connectivity index (χ3v) is 9.73. The number of carbonyl (C=O) groups excluding carboxylic acids is 1. The molecule has 33 heavy (non-hydrogen) atoms. The number of anilines is 1. The molecule has 4 aromatic heterocycles. The van der Waals surface area contributed by atoms with E-state index in [0.29, 0.717) is 0 Å². The van der Waals surface area contributed by atoms with Gasteiger partial charge in [-0.3, -0.25) is 9.20 Å². The average molecular weight is 499 g/mol. The third kappa shape index (κ3) is 3.85. The van der Waals surface area contributed by atoms with Crippen molar-refractivity contribution in [2.75, 3.05) is 11.1 Å². The zero-order valence-corrected chi connectivity index (χ0v) is 21.3. The van der Waals surface area contributed by atoms with Crippen molar-refractivity contribution < 1.29 is 4.79 Å². The van der Waals surface area contributed by atoms with Gasteiger partial charge in [-0.15, -0.1) is 32.9 Å². The molecule has 0 radical (unpaired) electrons. The van der Waals surface area contributed by atoms with Gasteiger partial charge < -0.3 is 5.32 Å². The summed E-state index contributed by atoms with van der Waals surface area (Å²) in [4.78, 5) is 26.1. The van der Waals surface area contributed by atoms with Crippen LogP contribution in [0.25, 0.3) is 15.9 Å². The van der Waals surface area contributed by atoms with Crippen molar-refractivity contribution in [3.63, 3.8) is 0 Å². The first-order chi connectivity index (χ1) is 16.1. The molecular formula is C23H26N6OS3. The van der Waals surface area contributed by atoms with E-state index >= 15 is 0 Å². The number of thiazole rings is 1. The Hall–Kier alpha value is -2.04. The zero-order valence-electron chi connectivity index (χ0n) is 18.8. The summed E-state index contributed by atoms with van der Waals surface area (Å²) in [6.07, 6.45) is 8.70. The summed E-state index contributed by atoms with van der Waals surface area (Å²) in [7, 11) is 0. The van der Waals surface area contributed by atoms with Crippen LogP contribution in [0.15, 0.2) is 5.16 Å². The van der Waals surface area contributed by atoms with Crippen LogP contribution in [0.3, 0.4) is 0 Å². The minimum atomic E-state index is -0.0585. The van der Waals surface area contributed by atoms with E-state index in [1.165, 1.54) is 46.3 Å². The molecule has 0 bridgehead atoms. The molecule has 0 aromatic carbocycles. The normalized spacial score (nSPS) is 17.9. The van der Waals surface area contributed by atoms with Crippen LogP contribution < -0.4 is 5.32 Å². The SMILES string of the molecule is CCc1nc2sc3c(c2c2nnc(SCC(=O)Nc4nc5c(s4)CCCC5)n12)CC[C@@H](C)C3. The second-order valence-electron chi connectivity index (χ2n) is 8.99. The van der Waals surface area contributed by atoms with Crippen molar-refractivity contribution in [3.05, 3.63) is 26.8 Å². The van der Waals surface area contributed by atoms with E-state index in [9.17, 15) is 4.79 Å². The summed E-state index contributed by atoms with van der Waals surface area (Å²) < 4.78 is 2.06. The molecule has 0 fully saturated rings. The topological polar surface area (TPSA) is 85.1 Å². The summed E-state index contributed by atoms with van der Waals surface area (Å²) in [6, 6.07) is 0. The summed E-state index contributed by atoms with van der Waals surface area (Å²) in [6.45, 7) is 4.43. The van der Waals surface area contributed by atoms with E-state index in [1.54, 1.807) is 11.3 Å².